The number of aliphatic hydroxyl groups excluding tert-OH is 1. The molecular formula is C14H21N3O2. The van der Waals surface area contributed by atoms with Crippen LogP contribution in [0.1, 0.15) is 23.3 Å². The number of hydrogen-bond acceptors (Lipinski definition) is 4. The molecule has 1 unspecified atom stereocenters. The van der Waals surface area contributed by atoms with Crippen LogP contribution in [0.4, 0.5) is 5.69 Å². The monoisotopic (exact) mass is 263 g/mol. The lowest BCUT2D eigenvalue weighted by Crippen LogP contribution is -2.37. The molecule has 1 aromatic heterocycles. The number of piperidine rings is 1. The number of carbonyl (C=O) groups is 1. The molecule has 0 radical (unpaired) electrons. The lowest BCUT2D eigenvalue weighted by Gasteiger charge is -2.33. The topological polar surface area (TPSA) is 56.7 Å². The summed E-state index contributed by atoms with van der Waals surface area (Å²) in [5, 5.41) is 9.27. The Morgan fingerprint density at radius 3 is 3.05 bits per heavy atom. The molecule has 1 amide bonds. The van der Waals surface area contributed by atoms with Crippen molar-refractivity contribution in [2.24, 2.45) is 5.92 Å². The van der Waals surface area contributed by atoms with Crippen molar-refractivity contribution in [2.75, 3.05) is 38.7 Å². The number of carbonyl (C=O) groups excluding carboxylic acids is 1. The molecule has 1 fully saturated rings. The molecule has 0 saturated carbocycles. The molecule has 1 aliphatic heterocycles. The van der Waals surface area contributed by atoms with Gasteiger partial charge in [-0.3, -0.25) is 9.78 Å². The predicted octanol–water partition coefficient (Wildman–Crippen LogP) is 0.992. The van der Waals surface area contributed by atoms with Crippen LogP contribution in [0.5, 0.6) is 0 Å². The van der Waals surface area contributed by atoms with Gasteiger partial charge in [-0.1, -0.05) is 0 Å². The summed E-state index contributed by atoms with van der Waals surface area (Å²) in [6, 6.07) is 3.76. The summed E-state index contributed by atoms with van der Waals surface area (Å²) in [4.78, 5) is 19.8. The Balaban J connectivity index is 2.16. The van der Waals surface area contributed by atoms with Crippen molar-refractivity contribution in [1.82, 2.24) is 9.88 Å². The third-order valence-corrected chi connectivity index (χ3v) is 3.51. The van der Waals surface area contributed by atoms with Crippen LogP contribution in [0.3, 0.4) is 0 Å². The summed E-state index contributed by atoms with van der Waals surface area (Å²) in [5.74, 6) is 0.243. The molecule has 1 aromatic rings. The van der Waals surface area contributed by atoms with Crippen molar-refractivity contribution in [3.63, 3.8) is 0 Å². The minimum absolute atomic E-state index is 0.0856. The van der Waals surface area contributed by atoms with E-state index in [0.717, 1.165) is 31.6 Å². The van der Waals surface area contributed by atoms with Crippen LogP contribution < -0.4 is 4.90 Å². The van der Waals surface area contributed by atoms with Crippen LogP contribution >= 0.6 is 0 Å². The fraction of sp³-hybridized carbons (Fsp3) is 0.571. The zero-order chi connectivity index (χ0) is 13.8. The normalized spacial score (nSPS) is 19.3. The maximum atomic E-state index is 11.9. The first-order valence-electron chi connectivity index (χ1n) is 6.65. The molecule has 1 N–H and O–H groups in total. The molecular weight excluding hydrogens is 242 g/mol. The molecule has 0 spiro atoms. The second-order valence-corrected chi connectivity index (χ2v) is 5.24. The number of amides is 1. The van der Waals surface area contributed by atoms with Crippen LogP contribution in [0.25, 0.3) is 0 Å². The quantitative estimate of drug-likeness (QED) is 0.883. The van der Waals surface area contributed by atoms with E-state index in [1.807, 2.05) is 12.1 Å². The molecule has 5 nitrogen and oxygen atoms in total. The third-order valence-electron chi connectivity index (χ3n) is 3.51. The van der Waals surface area contributed by atoms with Gasteiger partial charge in [-0.2, -0.15) is 0 Å². The summed E-state index contributed by atoms with van der Waals surface area (Å²) in [6.07, 6.45) is 3.82. The van der Waals surface area contributed by atoms with Gasteiger partial charge in [0.1, 0.15) is 5.69 Å². The van der Waals surface area contributed by atoms with Crippen molar-refractivity contribution in [3.8, 4) is 0 Å². The molecule has 2 heterocycles. The first-order chi connectivity index (χ1) is 9.11. The summed E-state index contributed by atoms with van der Waals surface area (Å²) in [5.41, 5.74) is 1.48. The van der Waals surface area contributed by atoms with Gasteiger partial charge in [0.15, 0.2) is 0 Å². The highest BCUT2D eigenvalue weighted by atomic mass is 16.3. The number of anilines is 1. The average molecular weight is 263 g/mol. The highest BCUT2D eigenvalue weighted by molar-refractivity contribution is 5.92. The SMILES string of the molecule is CN(C)C(=O)c1cc(N2CCCC(CO)C2)ccn1. The minimum Gasteiger partial charge on any atom is -0.396 e. The van der Waals surface area contributed by atoms with E-state index in [1.54, 1.807) is 20.3 Å². The average Bonchev–Trinajstić information content (AvgIpc) is 2.46. The second kappa shape index (κ2) is 6.02. The molecule has 5 heteroatoms. The Labute approximate surface area is 113 Å². The molecule has 1 saturated heterocycles. The van der Waals surface area contributed by atoms with Gasteiger partial charge in [0.2, 0.25) is 0 Å². The Morgan fingerprint density at radius 1 is 1.58 bits per heavy atom. The standard InChI is InChI=1S/C14H21N3O2/c1-16(2)14(19)13-8-12(5-6-15-13)17-7-3-4-11(9-17)10-18/h5-6,8,11,18H,3-4,7,9-10H2,1-2H3. The van der Waals surface area contributed by atoms with E-state index in [9.17, 15) is 9.90 Å². The number of aromatic nitrogens is 1. The number of nitrogens with zero attached hydrogens (tertiary/aromatic N) is 3. The molecule has 2 rings (SSSR count). The van der Waals surface area contributed by atoms with E-state index in [2.05, 4.69) is 9.88 Å². The molecule has 0 aliphatic carbocycles. The van der Waals surface area contributed by atoms with Gasteiger partial charge in [0, 0.05) is 45.7 Å². The number of hydrogen-bond donors (Lipinski definition) is 1. The first-order valence-corrected chi connectivity index (χ1v) is 6.65. The predicted molar refractivity (Wildman–Crippen MR) is 74.3 cm³/mol. The van der Waals surface area contributed by atoms with Gasteiger partial charge in [-0.15, -0.1) is 0 Å². The van der Waals surface area contributed by atoms with Crippen LogP contribution in [0.2, 0.25) is 0 Å². The zero-order valence-electron chi connectivity index (χ0n) is 11.5. The van der Waals surface area contributed by atoms with Crippen molar-refractivity contribution >= 4 is 11.6 Å². The van der Waals surface area contributed by atoms with Gasteiger partial charge in [0.05, 0.1) is 0 Å². The van der Waals surface area contributed by atoms with Crippen molar-refractivity contribution < 1.29 is 9.90 Å². The van der Waals surface area contributed by atoms with E-state index < -0.39 is 0 Å². The highest BCUT2D eigenvalue weighted by Crippen LogP contribution is 2.23. The lowest BCUT2D eigenvalue weighted by atomic mass is 9.98. The molecule has 1 aliphatic rings. The van der Waals surface area contributed by atoms with Gasteiger partial charge in [-0.25, -0.2) is 0 Å². The zero-order valence-corrected chi connectivity index (χ0v) is 11.5. The molecule has 104 valence electrons. The largest absolute Gasteiger partial charge is 0.396 e. The summed E-state index contributed by atoms with van der Waals surface area (Å²) < 4.78 is 0. The van der Waals surface area contributed by atoms with E-state index in [4.69, 9.17) is 0 Å². The Morgan fingerprint density at radius 2 is 2.37 bits per heavy atom. The summed E-state index contributed by atoms with van der Waals surface area (Å²) in [7, 11) is 3.44. The molecule has 1 atom stereocenters. The Hall–Kier alpha value is -1.62. The second-order valence-electron chi connectivity index (χ2n) is 5.24. The van der Waals surface area contributed by atoms with Gasteiger partial charge in [0.25, 0.3) is 5.91 Å². The number of rotatable bonds is 3. The minimum atomic E-state index is -0.0856. The third kappa shape index (κ3) is 3.23. The maximum Gasteiger partial charge on any atom is 0.272 e. The Bertz CT molecular complexity index is 448. The van der Waals surface area contributed by atoms with Crippen LogP contribution in [-0.2, 0) is 0 Å². The summed E-state index contributed by atoms with van der Waals surface area (Å²) in [6.45, 7) is 2.04. The van der Waals surface area contributed by atoms with Crippen LogP contribution in [-0.4, -0.2) is 54.7 Å². The van der Waals surface area contributed by atoms with Crippen LogP contribution in [0, 0.1) is 5.92 Å². The fourth-order valence-electron chi connectivity index (χ4n) is 2.41. The van der Waals surface area contributed by atoms with E-state index in [1.165, 1.54) is 4.90 Å². The molecule has 19 heavy (non-hydrogen) atoms. The van der Waals surface area contributed by atoms with E-state index >= 15 is 0 Å². The van der Waals surface area contributed by atoms with Crippen LogP contribution in [0.15, 0.2) is 18.3 Å². The molecule has 0 aromatic carbocycles. The first kappa shape index (κ1) is 13.8. The fourth-order valence-corrected chi connectivity index (χ4v) is 2.41. The maximum absolute atomic E-state index is 11.9. The van der Waals surface area contributed by atoms with Gasteiger partial charge in [-0.05, 0) is 30.9 Å². The highest BCUT2D eigenvalue weighted by Gasteiger charge is 2.20. The smallest absolute Gasteiger partial charge is 0.272 e. The van der Waals surface area contributed by atoms with Crippen molar-refractivity contribution in [3.05, 3.63) is 24.0 Å². The van der Waals surface area contributed by atoms with Gasteiger partial charge < -0.3 is 14.9 Å². The van der Waals surface area contributed by atoms with Crippen molar-refractivity contribution in [1.29, 1.82) is 0 Å². The Kier molecular flexibility index (Phi) is 4.37. The number of pyridine rings is 1. The molecule has 0 bridgehead atoms. The summed E-state index contributed by atoms with van der Waals surface area (Å²) >= 11 is 0. The lowest BCUT2D eigenvalue weighted by molar-refractivity contribution is 0.0822. The van der Waals surface area contributed by atoms with E-state index in [0.29, 0.717) is 11.6 Å². The van der Waals surface area contributed by atoms with Crippen molar-refractivity contribution in [2.45, 2.75) is 12.8 Å². The van der Waals surface area contributed by atoms with Gasteiger partial charge >= 0.3 is 0 Å². The van der Waals surface area contributed by atoms with E-state index in [-0.39, 0.29) is 12.5 Å². The number of aliphatic hydroxyl groups is 1.